The van der Waals surface area contributed by atoms with Crippen molar-refractivity contribution in [2.24, 2.45) is 0 Å². The molecule has 0 aliphatic rings. The van der Waals surface area contributed by atoms with Crippen molar-refractivity contribution in [2.75, 3.05) is 29.1 Å². The van der Waals surface area contributed by atoms with Crippen LogP contribution in [0.25, 0.3) is 10.8 Å². The number of thioether (sulfide) groups is 1. The van der Waals surface area contributed by atoms with Gasteiger partial charge in [0, 0.05) is 46.8 Å². The molecule has 0 unspecified atom stereocenters. The number of pyridine rings is 1. The van der Waals surface area contributed by atoms with E-state index in [9.17, 15) is 0 Å². The first-order chi connectivity index (χ1) is 8.83. The number of nitrogens with two attached hydrogens (primary N) is 1. The number of hydrogen-bond donors (Lipinski definition) is 2. The summed E-state index contributed by atoms with van der Waals surface area (Å²) in [6.07, 6.45) is 8.77. The third-order valence-electron chi connectivity index (χ3n) is 2.60. The SMILES string of the molecule is C#CCSCCNc1ccc(N)c2cnccc12. The van der Waals surface area contributed by atoms with E-state index in [4.69, 9.17) is 12.2 Å². The Bertz CT molecular complexity index is 575. The number of aromatic nitrogens is 1. The van der Waals surface area contributed by atoms with E-state index in [1.807, 2.05) is 18.2 Å². The van der Waals surface area contributed by atoms with Gasteiger partial charge in [0.15, 0.2) is 0 Å². The Kier molecular flexibility index (Phi) is 4.32. The van der Waals surface area contributed by atoms with Crippen molar-refractivity contribution in [3.8, 4) is 12.3 Å². The van der Waals surface area contributed by atoms with Crippen molar-refractivity contribution in [1.82, 2.24) is 4.98 Å². The van der Waals surface area contributed by atoms with Crippen LogP contribution in [0.15, 0.2) is 30.6 Å². The highest BCUT2D eigenvalue weighted by atomic mass is 32.2. The van der Waals surface area contributed by atoms with Crippen LogP contribution in [0.1, 0.15) is 0 Å². The summed E-state index contributed by atoms with van der Waals surface area (Å²) in [6, 6.07) is 5.88. The quantitative estimate of drug-likeness (QED) is 0.491. The second kappa shape index (κ2) is 6.18. The van der Waals surface area contributed by atoms with E-state index >= 15 is 0 Å². The lowest BCUT2D eigenvalue weighted by Gasteiger charge is -2.10. The van der Waals surface area contributed by atoms with Crippen molar-refractivity contribution in [3.05, 3.63) is 30.6 Å². The van der Waals surface area contributed by atoms with Gasteiger partial charge in [0.05, 0.1) is 5.75 Å². The van der Waals surface area contributed by atoms with Gasteiger partial charge in [0.25, 0.3) is 0 Å². The van der Waals surface area contributed by atoms with Crippen LogP contribution in [0.2, 0.25) is 0 Å². The summed E-state index contributed by atoms with van der Waals surface area (Å²) in [6.45, 7) is 0.883. The van der Waals surface area contributed by atoms with Gasteiger partial charge in [-0.05, 0) is 18.2 Å². The van der Waals surface area contributed by atoms with Gasteiger partial charge in [-0.1, -0.05) is 5.92 Å². The van der Waals surface area contributed by atoms with Crippen molar-refractivity contribution in [2.45, 2.75) is 0 Å². The van der Waals surface area contributed by atoms with Gasteiger partial charge < -0.3 is 11.1 Å². The van der Waals surface area contributed by atoms with E-state index in [0.29, 0.717) is 0 Å². The van der Waals surface area contributed by atoms with E-state index in [0.717, 1.165) is 40.2 Å². The van der Waals surface area contributed by atoms with Crippen LogP contribution in [-0.4, -0.2) is 23.0 Å². The van der Waals surface area contributed by atoms with Gasteiger partial charge in [-0.2, -0.15) is 0 Å². The topological polar surface area (TPSA) is 50.9 Å². The smallest absolute Gasteiger partial charge is 0.0545 e. The highest BCUT2D eigenvalue weighted by Crippen LogP contribution is 2.27. The third-order valence-corrected chi connectivity index (χ3v) is 3.46. The highest BCUT2D eigenvalue weighted by molar-refractivity contribution is 7.99. The molecule has 0 bridgehead atoms. The third kappa shape index (κ3) is 2.88. The molecule has 0 spiro atoms. The summed E-state index contributed by atoms with van der Waals surface area (Å²) in [5, 5.41) is 5.49. The fourth-order valence-electron chi connectivity index (χ4n) is 1.76. The van der Waals surface area contributed by atoms with Crippen molar-refractivity contribution in [1.29, 1.82) is 0 Å². The summed E-state index contributed by atoms with van der Waals surface area (Å²) in [5.74, 6) is 4.36. The number of nitrogens with one attached hydrogen (secondary N) is 1. The normalized spacial score (nSPS) is 10.2. The average molecular weight is 257 g/mol. The molecule has 0 amide bonds. The molecular formula is C14H15N3S. The van der Waals surface area contributed by atoms with Gasteiger partial charge in [-0.25, -0.2) is 0 Å². The van der Waals surface area contributed by atoms with E-state index in [2.05, 4.69) is 16.2 Å². The molecule has 92 valence electrons. The van der Waals surface area contributed by atoms with E-state index < -0.39 is 0 Å². The lowest BCUT2D eigenvalue weighted by atomic mass is 10.1. The van der Waals surface area contributed by atoms with E-state index in [1.165, 1.54) is 0 Å². The first-order valence-electron chi connectivity index (χ1n) is 5.70. The maximum atomic E-state index is 5.93. The van der Waals surface area contributed by atoms with Gasteiger partial charge in [-0.3, -0.25) is 4.98 Å². The lowest BCUT2D eigenvalue weighted by Crippen LogP contribution is -2.05. The summed E-state index contributed by atoms with van der Waals surface area (Å²) in [7, 11) is 0. The van der Waals surface area contributed by atoms with Crippen molar-refractivity contribution >= 4 is 33.9 Å². The monoisotopic (exact) mass is 257 g/mol. The summed E-state index contributed by atoms with van der Waals surface area (Å²) in [5.41, 5.74) is 7.77. The second-order valence-electron chi connectivity index (χ2n) is 3.81. The predicted octanol–water partition coefficient (Wildman–Crippen LogP) is 2.60. The predicted molar refractivity (Wildman–Crippen MR) is 80.8 cm³/mol. The molecule has 18 heavy (non-hydrogen) atoms. The van der Waals surface area contributed by atoms with Crippen LogP contribution in [0.3, 0.4) is 0 Å². The second-order valence-corrected chi connectivity index (χ2v) is 4.91. The minimum Gasteiger partial charge on any atom is -0.398 e. The number of rotatable bonds is 5. The number of benzene rings is 1. The Morgan fingerprint density at radius 3 is 3.06 bits per heavy atom. The summed E-state index contributed by atoms with van der Waals surface area (Å²) < 4.78 is 0. The standard InChI is InChI=1S/C14H15N3S/c1-2-8-18-9-7-17-14-4-3-13(15)12-10-16-6-5-11(12)14/h1,3-6,10,17H,7-9,15H2. The molecule has 0 saturated carbocycles. The fraction of sp³-hybridized carbons (Fsp3) is 0.214. The minimum atomic E-state index is 0.755. The summed E-state index contributed by atoms with van der Waals surface area (Å²) in [4.78, 5) is 4.10. The molecule has 0 fully saturated rings. The Balaban J connectivity index is 2.09. The number of nitrogens with zero attached hydrogens (tertiary/aromatic N) is 1. The van der Waals surface area contributed by atoms with Crippen molar-refractivity contribution < 1.29 is 0 Å². The Hall–Kier alpha value is -1.86. The van der Waals surface area contributed by atoms with Crippen molar-refractivity contribution in [3.63, 3.8) is 0 Å². The highest BCUT2D eigenvalue weighted by Gasteiger charge is 2.03. The van der Waals surface area contributed by atoms with E-state index in [1.54, 1.807) is 24.2 Å². The molecule has 2 rings (SSSR count). The lowest BCUT2D eigenvalue weighted by molar-refractivity contribution is 1.23. The van der Waals surface area contributed by atoms with Crippen LogP contribution in [0.4, 0.5) is 11.4 Å². The molecule has 4 heteroatoms. The molecule has 3 N–H and O–H groups in total. The number of hydrogen-bond acceptors (Lipinski definition) is 4. The first-order valence-corrected chi connectivity index (χ1v) is 6.85. The zero-order chi connectivity index (χ0) is 12.8. The summed E-state index contributed by atoms with van der Waals surface area (Å²) >= 11 is 1.75. The fourth-order valence-corrected chi connectivity index (χ4v) is 2.26. The molecular weight excluding hydrogens is 242 g/mol. The maximum absolute atomic E-state index is 5.93. The van der Waals surface area contributed by atoms with Crippen LogP contribution < -0.4 is 11.1 Å². The molecule has 3 nitrogen and oxygen atoms in total. The Morgan fingerprint density at radius 1 is 1.33 bits per heavy atom. The number of fused-ring (bicyclic) bond motifs is 1. The van der Waals surface area contributed by atoms with Crippen LogP contribution in [-0.2, 0) is 0 Å². The van der Waals surface area contributed by atoms with Gasteiger partial charge in [-0.15, -0.1) is 18.2 Å². The average Bonchev–Trinajstić information content (AvgIpc) is 2.41. The zero-order valence-corrected chi connectivity index (χ0v) is 10.8. The van der Waals surface area contributed by atoms with Crippen LogP contribution in [0.5, 0.6) is 0 Å². The molecule has 1 heterocycles. The van der Waals surface area contributed by atoms with Crippen LogP contribution in [0, 0.1) is 12.3 Å². The number of terminal acetylenes is 1. The molecule has 0 radical (unpaired) electrons. The van der Waals surface area contributed by atoms with Gasteiger partial charge in [0.1, 0.15) is 0 Å². The van der Waals surface area contributed by atoms with Crippen LogP contribution >= 0.6 is 11.8 Å². The molecule has 0 saturated heterocycles. The number of nitrogen functional groups attached to an aromatic ring is 1. The molecule has 0 aliphatic heterocycles. The molecule has 0 atom stereocenters. The molecule has 0 aliphatic carbocycles. The largest absolute Gasteiger partial charge is 0.398 e. The first kappa shape index (κ1) is 12.6. The van der Waals surface area contributed by atoms with E-state index in [-0.39, 0.29) is 0 Å². The maximum Gasteiger partial charge on any atom is 0.0545 e. The Morgan fingerprint density at radius 2 is 2.22 bits per heavy atom. The molecule has 1 aromatic heterocycles. The van der Waals surface area contributed by atoms with Gasteiger partial charge in [0.2, 0.25) is 0 Å². The zero-order valence-electron chi connectivity index (χ0n) is 10.0. The Labute approximate surface area is 111 Å². The number of anilines is 2. The molecule has 1 aromatic carbocycles. The minimum absolute atomic E-state index is 0.755. The van der Waals surface area contributed by atoms with Gasteiger partial charge >= 0.3 is 0 Å². The molecule has 2 aromatic rings.